The molecule has 0 aliphatic carbocycles. The highest BCUT2D eigenvalue weighted by Crippen LogP contribution is 2.28. The Kier molecular flexibility index (Phi) is 7.15. The first kappa shape index (κ1) is 16.8. The molecule has 0 saturated heterocycles. The van der Waals surface area contributed by atoms with Crippen LogP contribution in [-0.4, -0.2) is 15.0 Å². The van der Waals surface area contributed by atoms with Crippen LogP contribution in [0.5, 0.6) is 0 Å². The van der Waals surface area contributed by atoms with Gasteiger partial charge in [0.25, 0.3) is 0 Å². The second-order valence-corrected chi connectivity index (χ2v) is 6.88. The van der Waals surface area contributed by atoms with Crippen molar-refractivity contribution >= 4 is 33.2 Å². The third-order valence-electron chi connectivity index (χ3n) is 2.76. The molecule has 1 rings (SSSR count). The lowest BCUT2D eigenvalue weighted by molar-refractivity contribution is 0.571. The van der Waals surface area contributed by atoms with Crippen molar-refractivity contribution in [3.05, 3.63) is 28.2 Å². The molecule has 0 heterocycles. The smallest absolute Gasteiger partial charge is 0.211 e. The Morgan fingerprint density at radius 3 is 2.21 bits per heavy atom. The van der Waals surface area contributed by atoms with Crippen LogP contribution in [0.4, 0.5) is 0 Å². The van der Waals surface area contributed by atoms with E-state index in [-0.39, 0.29) is 14.9 Å². The van der Waals surface area contributed by atoms with Gasteiger partial charge in [0.1, 0.15) is 4.90 Å². The van der Waals surface area contributed by atoms with E-state index in [4.69, 9.17) is 23.2 Å². The lowest BCUT2D eigenvalue weighted by Crippen LogP contribution is -2.25. The van der Waals surface area contributed by atoms with Gasteiger partial charge in [0, 0.05) is 6.54 Å². The average molecular weight is 324 g/mol. The minimum atomic E-state index is -3.63. The number of sulfonamides is 1. The van der Waals surface area contributed by atoms with Gasteiger partial charge in [-0.2, -0.15) is 0 Å². The molecule has 108 valence electrons. The minimum Gasteiger partial charge on any atom is -0.211 e. The molecule has 0 atom stereocenters. The number of halogens is 2. The summed E-state index contributed by atoms with van der Waals surface area (Å²) in [7, 11) is -3.63. The molecule has 0 aromatic heterocycles. The third kappa shape index (κ3) is 5.30. The minimum absolute atomic E-state index is 0.0353. The molecule has 1 aromatic carbocycles. The Balaban J connectivity index is 2.57. The van der Waals surface area contributed by atoms with E-state index in [0.29, 0.717) is 6.54 Å². The van der Waals surface area contributed by atoms with Crippen molar-refractivity contribution < 1.29 is 8.42 Å². The van der Waals surface area contributed by atoms with Crippen LogP contribution in [0.25, 0.3) is 0 Å². The van der Waals surface area contributed by atoms with Gasteiger partial charge >= 0.3 is 0 Å². The van der Waals surface area contributed by atoms with Crippen molar-refractivity contribution in [1.29, 1.82) is 0 Å². The van der Waals surface area contributed by atoms with Crippen LogP contribution in [0.3, 0.4) is 0 Å². The van der Waals surface area contributed by atoms with E-state index >= 15 is 0 Å². The molecule has 0 fully saturated rings. The van der Waals surface area contributed by atoms with Crippen molar-refractivity contribution in [3.8, 4) is 0 Å². The molecule has 6 heteroatoms. The molecule has 0 unspecified atom stereocenters. The molecule has 0 radical (unpaired) electrons. The van der Waals surface area contributed by atoms with Crippen LogP contribution in [-0.2, 0) is 10.0 Å². The zero-order valence-corrected chi connectivity index (χ0v) is 13.3. The van der Waals surface area contributed by atoms with E-state index in [2.05, 4.69) is 11.6 Å². The van der Waals surface area contributed by atoms with Crippen LogP contribution in [0.1, 0.15) is 39.0 Å². The second kappa shape index (κ2) is 8.10. The van der Waals surface area contributed by atoms with Crippen LogP contribution >= 0.6 is 23.2 Å². The monoisotopic (exact) mass is 323 g/mol. The molecule has 0 spiro atoms. The number of benzene rings is 1. The van der Waals surface area contributed by atoms with Crippen molar-refractivity contribution in [2.24, 2.45) is 0 Å². The molecule has 1 N–H and O–H groups in total. The predicted molar refractivity (Wildman–Crippen MR) is 80.4 cm³/mol. The zero-order valence-electron chi connectivity index (χ0n) is 11.0. The van der Waals surface area contributed by atoms with Crippen LogP contribution in [0, 0.1) is 0 Å². The van der Waals surface area contributed by atoms with Crippen molar-refractivity contribution in [1.82, 2.24) is 4.72 Å². The van der Waals surface area contributed by atoms with Gasteiger partial charge in [-0.1, -0.05) is 61.9 Å². The fraction of sp³-hybridized carbons (Fsp3) is 0.538. The summed E-state index contributed by atoms with van der Waals surface area (Å²) in [5.74, 6) is 0. The summed E-state index contributed by atoms with van der Waals surface area (Å²) in [6.07, 6.45) is 5.32. The van der Waals surface area contributed by atoms with Gasteiger partial charge in [-0.15, -0.1) is 0 Å². The highest BCUT2D eigenvalue weighted by molar-refractivity contribution is 7.89. The van der Waals surface area contributed by atoms with Gasteiger partial charge in [0.05, 0.1) is 10.0 Å². The van der Waals surface area contributed by atoms with Crippen molar-refractivity contribution in [2.75, 3.05) is 6.54 Å². The van der Waals surface area contributed by atoms with Crippen LogP contribution < -0.4 is 4.72 Å². The molecule has 0 saturated carbocycles. The standard InChI is InChI=1S/C13H19Cl2NO2S/c1-2-3-4-5-6-10-16-19(17,18)13-11(14)8-7-9-12(13)15/h7-9,16H,2-6,10H2,1H3. The Hall–Kier alpha value is -0.290. The average Bonchev–Trinajstić information content (AvgIpc) is 2.33. The van der Waals surface area contributed by atoms with Crippen LogP contribution in [0.2, 0.25) is 10.0 Å². The number of hydrogen-bond acceptors (Lipinski definition) is 2. The van der Waals surface area contributed by atoms with E-state index < -0.39 is 10.0 Å². The normalized spacial score (nSPS) is 11.7. The Morgan fingerprint density at radius 2 is 1.63 bits per heavy atom. The molecule has 0 aliphatic rings. The maximum Gasteiger partial charge on any atom is 0.243 e. The molecule has 0 bridgehead atoms. The maximum absolute atomic E-state index is 12.1. The van der Waals surface area contributed by atoms with Gasteiger partial charge in [0.2, 0.25) is 10.0 Å². The third-order valence-corrected chi connectivity index (χ3v) is 5.18. The summed E-state index contributed by atoms with van der Waals surface area (Å²) in [6, 6.07) is 4.65. The SMILES string of the molecule is CCCCCCCNS(=O)(=O)c1c(Cl)cccc1Cl. The van der Waals surface area contributed by atoms with Crippen molar-refractivity contribution in [2.45, 2.75) is 43.9 Å². The second-order valence-electron chi connectivity index (χ2n) is 4.36. The summed E-state index contributed by atoms with van der Waals surface area (Å²) >= 11 is 11.8. The highest BCUT2D eigenvalue weighted by atomic mass is 35.5. The van der Waals surface area contributed by atoms with E-state index in [0.717, 1.165) is 19.3 Å². The Bertz CT molecular complexity index is 483. The van der Waals surface area contributed by atoms with Gasteiger partial charge < -0.3 is 0 Å². The molecule has 1 aromatic rings. The van der Waals surface area contributed by atoms with Gasteiger partial charge in [0.15, 0.2) is 0 Å². The summed E-state index contributed by atoms with van der Waals surface area (Å²) in [5, 5.41) is 0.289. The number of rotatable bonds is 8. The summed E-state index contributed by atoms with van der Waals surface area (Å²) in [6.45, 7) is 2.55. The zero-order chi connectivity index (χ0) is 14.3. The number of unbranched alkanes of at least 4 members (excludes halogenated alkanes) is 4. The quantitative estimate of drug-likeness (QED) is 0.727. The lowest BCUT2D eigenvalue weighted by Gasteiger charge is -2.09. The van der Waals surface area contributed by atoms with Gasteiger partial charge in [-0.25, -0.2) is 13.1 Å². The van der Waals surface area contributed by atoms with E-state index in [1.54, 1.807) is 6.07 Å². The summed E-state index contributed by atoms with van der Waals surface area (Å²) in [4.78, 5) is -0.0353. The summed E-state index contributed by atoms with van der Waals surface area (Å²) < 4.78 is 26.7. The first-order valence-electron chi connectivity index (χ1n) is 6.42. The van der Waals surface area contributed by atoms with Crippen LogP contribution in [0.15, 0.2) is 23.1 Å². The molecule has 0 amide bonds. The molecule has 19 heavy (non-hydrogen) atoms. The molecule has 0 aliphatic heterocycles. The topological polar surface area (TPSA) is 46.2 Å². The van der Waals surface area contributed by atoms with Gasteiger partial charge in [-0.05, 0) is 18.6 Å². The first-order chi connectivity index (χ1) is 8.99. The lowest BCUT2D eigenvalue weighted by atomic mass is 10.2. The molecule has 3 nitrogen and oxygen atoms in total. The fourth-order valence-corrected chi connectivity index (χ4v) is 3.96. The summed E-state index contributed by atoms with van der Waals surface area (Å²) in [5.41, 5.74) is 0. The Labute approximate surface area is 125 Å². The van der Waals surface area contributed by atoms with E-state index in [1.165, 1.54) is 25.0 Å². The first-order valence-corrected chi connectivity index (χ1v) is 8.66. The molecular formula is C13H19Cl2NO2S. The predicted octanol–water partition coefficient (Wildman–Crippen LogP) is 4.24. The number of nitrogens with one attached hydrogen (secondary N) is 1. The maximum atomic E-state index is 12.1. The number of hydrogen-bond donors (Lipinski definition) is 1. The Morgan fingerprint density at radius 1 is 1.05 bits per heavy atom. The van der Waals surface area contributed by atoms with Crippen molar-refractivity contribution in [3.63, 3.8) is 0 Å². The molecular weight excluding hydrogens is 305 g/mol. The fourth-order valence-electron chi connectivity index (χ4n) is 1.75. The highest BCUT2D eigenvalue weighted by Gasteiger charge is 2.20. The van der Waals surface area contributed by atoms with E-state index in [1.807, 2.05) is 0 Å². The van der Waals surface area contributed by atoms with Gasteiger partial charge in [-0.3, -0.25) is 0 Å². The van der Waals surface area contributed by atoms with E-state index in [9.17, 15) is 8.42 Å². The largest absolute Gasteiger partial charge is 0.243 e.